The molecule has 2 aromatic carbocycles. The monoisotopic (exact) mass is 440 g/mol. The lowest BCUT2D eigenvalue weighted by Gasteiger charge is -2.09. The maximum atomic E-state index is 12.6. The number of H-pyrrole nitrogens is 1. The van der Waals surface area contributed by atoms with Crippen molar-refractivity contribution in [3.05, 3.63) is 94.6 Å². The van der Waals surface area contributed by atoms with Gasteiger partial charge in [-0.3, -0.25) is 4.79 Å². The molecule has 0 fully saturated rings. The second kappa shape index (κ2) is 8.28. The predicted molar refractivity (Wildman–Crippen MR) is 129 cm³/mol. The minimum atomic E-state index is -0.142. The van der Waals surface area contributed by atoms with Gasteiger partial charge in [0.2, 0.25) is 0 Å². The Labute approximate surface area is 188 Å². The summed E-state index contributed by atoms with van der Waals surface area (Å²) in [5.41, 5.74) is 3.71. The molecule has 0 radical (unpaired) electrons. The van der Waals surface area contributed by atoms with E-state index in [0.717, 1.165) is 38.0 Å². The molecule has 3 aromatic heterocycles. The number of benzene rings is 2. The van der Waals surface area contributed by atoms with Crippen LogP contribution >= 0.6 is 11.3 Å². The van der Waals surface area contributed by atoms with Crippen LogP contribution in [0.4, 0.5) is 0 Å². The Balaban J connectivity index is 1.46. The molecule has 0 aliphatic rings. The Morgan fingerprint density at radius 3 is 2.69 bits per heavy atom. The lowest BCUT2D eigenvalue weighted by Crippen LogP contribution is -2.07. The number of aromatic nitrogens is 4. The molecule has 0 atom stereocenters. The van der Waals surface area contributed by atoms with E-state index in [1.54, 1.807) is 19.5 Å². The van der Waals surface area contributed by atoms with Crippen LogP contribution in [0.5, 0.6) is 5.75 Å². The molecule has 0 spiro atoms. The van der Waals surface area contributed by atoms with Gasteiger partial charge in [-0.1, -0.05) is 42.5 Å². The number of nitrogens with zero attached hydrogens (tertiary/aromatic N) is 3. The van der Waals surface area contributed by atoms with Crippen LogP contribution in [-0.4, -0.2) is 26.6 Å². The second-order valence-electron chi connectivity index (χ2n) is 7.33. The molecule has 0 saturated carbocycles. The number of aryl methyl sites for hydroxylation is 1. The van der Waals surface area contributed by atoms with Gasteiger partial charge in [0.1, 0.15) is 16.4 Å². The Bertz CT molecular complexity index is 1500. The van der Waals surface area contributed by atoms with E-state index in [1.165, 1.54) is 11.3 Å². The largest absolute Gasteiger partial charge is 0.495 e. The van der Waals surface area contributed by atoms with Crippen molar-refractivity contribution in [2.75, 3.05) is 7.11 Å². The van der Waals surface area contributed by atoms with E-state index in [4.69, 9.17) is 4.74 Å². The first-order valence-electron chi connectivity index (χ1n) is 10.1. The number of fused-ring (bicyclic) bond motifs is 1. The summed E-state index contributed by atoms with van der Waals surface area (Å²) >= 11 is 1.51. The molecule has 5 rings (SSSR count). The topological polar surface area (TPSA) is 72.8 Å². The van der Waals surface area contributed by atoms with E-state index in [2.05, 4.69) is 15.0 Å². The van der Waals surface area contributed by atoms with Crippen LogP contribution in [0.3, 0.4) is 0 Å². The zero-order valence-corrected chi connectivity index (χ0v) is 18.4. The standard InChI is InChI=1S/C25H20N4O2S/c1-16-14-29(15-26-16)20-10-8-17(12-21(20)31-2)9-11-23-27-24(30)19-13-22(32-25(19)28-23)18-6-4-3-5-7-18/h3-15H,1-2H3,(H,27,28,30). The SMILES string of the molecule is COc1cc(C=Cc2nc3sc(-c4ccccc4)cc3c(=O)[nH]2)ccc1-n1cnc(C)c1. The number of imidazole rings is 1. The molecule has 0 unspecified atom stereocenters. The fourth-order valence-corrected chi connectivity index (χ4v) is 4.56. The van der Waals surface area contributed by atoms with Crippen molar-refractivity contribution < 1.29 is 4.74 Å². The van der Waals surface area contributed by atoms with Crippen molar-refractivity contribution in [2.45, 2.75) is 6.92 Å². The molecular weight excluding hydrogens is 420 g/mol. The summed E-state index contributed by atoms with van der Waals surface area (Å²) in [4.78, 5) is 26.1. The Morgan fingerprint density at radius 2 is 1.94 bits per heavy atom. The van der Waals surface area contributed by atoms with E-state index in [1.807, 2.05) is 78.4 Å². The maximum absolute atomic E-state index is 12.6. The third-order valence-electron chi connectivity index (χ3n) is 5.11. The average molecular weight is 441 g/mol. The minimum Gasteiger partial charge on any atom is -0.495 e. The minimum absolute atomic E-state index is 0.142. The van der Waals surface area contributed by atoms with E-state index in [9.17, 15) is 4.79 Å². The van der Waals surface area contributed by atoms with Crippen LogP contribution in [0.1, 0.15) is 17.1 Å². The highest BCUT2D eigenvalue weighted by molar-refractivity contribution is 7.21. The van der Waals surface area contributed by atoms with Crippen LogP contribution in [-0.2, 0) is 0 Å². The summed E-state index contributed by atoms with van der Waals surface area (Å²) in [6.45, 7) is 1.95. The quantitative estimate of drug-likeness (QED) is 0.401. The molecule has 1 N–H and O–H groups in total. The first-order chi connectivity index (χ1) is 15.6. The number of hydrogen-bond acceptors (Lipinski definition) is 5. The Hall–Kier alpha value is -3.97. The summed E-state index contributed by atoms with van der Waals surface area (Å²) in [5, 5.41) is 0.604. The van der Waals surface area contributed by atoms with Crippen molar-refractivity contribution in [1.29, 1.82) is 0 Å². The first kappa shape index (κ1) is 20.0. The first-order valence-corrected chi connectivity index (χ1v) is 10.9. The van der Waals surface area contributed by atoms with E-state index < -0.39 is 0 Å². The summed E-state index contributed by atoms with van der Waals surface area (Å²) < 4.78 is 7.50. The lowest BCUT2D eigenvalue weighted by atomic mass is 10.1. The van der Waals surface area contributed by atoms with Crippen LogP contribution in [0.15, 0.2) is 71.9 Å². The number of methoxy groups -OCH3 is 1. The van der Waals surface area contributed by atoms with Crippen LogP contribution in [0, 0.1) is 6.92 Å². The molecule has 5 aromatic rings. The molecule has 0 aliphatic carbocycles. The highest BCUT2D eigenvalue weighted by Gasteiger charge is 2.10. The van der Waals surface area contributed by atoms with Crippen molar-refractivity contribution >= 4 is 33.7 Å². The Kier molecular flexibility index (Phi) is 5.17. The predicted octanol–water partition coefficient (Wildman–Crippen LogP) is 5.32. The van der Waals surface area contributed by atoms with Gasteiger partial charge in [0, 0.05) is 11.1 Å². The number of rotatable bonds is 5. The third kappa shape index (κ3) is 3.86. The summed E-state index contributed by atoms with van der Waals surface area (Å²) in [6, 6.07) is 17.8. The average Bonchev–Trinajstić information content (AvgIpc) is 3.45. The summed E-state index contributed by atoms with van der Waals surface area (Å²) in [7, 11) is 1.64. The van der Waals surface area contributed by atoms with Gasteiger partial charge in [-0.15, -0.1) is 11.3 Å². The molecule has 7 heteroatoms. The van der Waals surface area contributed by atoms with E-state index in [-0.39, 0.29) is 5.56 Å². The molecule has 0 aliphatic heterocycles. The number of aromatic amines is 1. The molecule has 0 amide bonds. The van der Waals surface area contributed by atoms with Gasteiger partial charge in [0.15, 0.2) is 0 Å². The van der Waals surface area contributed by atoms with Gasteiger partial charge < -0.3 is 14.3 Å². The van der Waals surface area contributed by atoms with Gasteiger partial charge in [-0.2, -0.15) is 0 Å². The van der Waals surface area contributed by atoms with Gasteiger partial charge in [0.05, 0.1) is 30.2 Å². The van der Waals surface area contributed by atoms with Crippen molar-refractivity contribution in [3.63, 3.8) is 0 Å². The molecular formula is C25H20N4O2S. The molecule has 3 heterocycles. The van der Waals surface area contributed by atoms with Gasteiger partial charge >= 0.3 is 0 Å². The van der Waals surface area contributed by atoms with E-state index >= 15 is 0 Å². The highest BCUT2D eigenvalue weighted by atomic mass is 32.1. The number of nitrogens with one attached hydrogen (secondary N) is 1. The summed E-state index contributed by atoms with van der Waals surface area (Å²) in [6.07, 6.45) is 7.42. The van der Waals surface area contributed by atoms with E-state index in [0.29, 0.717) is 11.2 Å². The molecule has 6 nitrogen and oxygen atoms in total. The van der Waals surface area contributed by atoms with Crippen LogP contribution < -0.4 is 10.3 Å². The maximum Gasteiger partial charge on any atom is 0.259 e. The number of thiophene rings is 1. The highest BCUT2D eigenvalue weighted by Crippen LogP contribution is 2.31. The summed E-state index contributed by atoms with van der Waals surface area (Å²) in [5.74, 6) is 1.24. The fraction of sp³-hybridized carbons (Fsp3) is 0.0800. The number of hydrogen-bond donors (Lipinski definition) is 1. The smallest absolute Gasteiger partial charge is 0.259 e. The van der Waals surface area contributed by atoms with Gasteiger partial charge in [0.25, 0.3) is 5.56 Å². The van der Waals surface area contributed by atoms with Crippen LogP contribution in [0.25, 0.3) is 38.5 Å². The van der Waals surface area contributed by atoms with Crippen molar-refractivity contribution in [1.82, 2.24) is 19.5 Å². The normalized spacial score (nSPS) is 11.4. The van der Waals surface area contributed by atoms with Crippen molar-refractivity contribution in [2.24, 2.45) is 0 Å². The van der Waals surface area contributed by atoms with Gasteiger partial charge in [-0.25, -0.2) is 9.97 Å². The Morgan fingerprint density at radius 1 is 1.09 bits per heavy atom. The fourth-order valence-electron chi connectivity index (χ4n) is 3.51. The molecule has 158 valence electrons. The van der Waals surface area contributed by atoms with Crippen molar-refractivity contribution in [3.8, 4) is 21.9 Å². The van der Waals surface area contributed by atoms with Crippen LogP contribution in [0.2, 0.25) is 0 Å². The molecule has 0 bridgehead atoms. The zero-order valence-electron chi connectivity index (χ0n) is 17.6. The molecule has 0 saturated heterocycles. The third-order valence-corrected chi connectivity index (χ3v) is 6.18. The zero-order chi connectivity index (χ0) is 22.1. The second-order valence-corrected chi connectivity index (χ2v) is 8.36. The molecule has 32 heavy (non-hydrogen) atoms. The lowest BCUT2D eigenvalue weighted by molar-refractivity contribution is 0.413. The number of ether oxygens (including phenoxy) is 1. The van der Waals surface area contributed by atoms with Gasteiger partial charge in [-0.05, 0) is 42.3 Å².